The van der Waals surface area contributed by atoms with Crippen molar-refractivity contribution in [2.75, 3.05) is 49.6 Å². The molecule has 0 unspecified atom stereocenters. The van der Waals surface area contributed by atoms with Crippen LogP contribution in [0.2, 0.25) is 0 Å². The van der Waals surface area contributed by atoms with E-state index in [9.17, 15) is 0 Å². The fraction of sp³-hybridized carbons (Fsp3) is 0.474. The first-order chi connectivity index (χ1) is 11.7. The second-order valence-electron chi connectivity index (χ2n) is 6.90. The van der Waals surface area contributed by atoms with Crippen molar-refractivity contribution in [1.29, 1.82) is 0 Å². The fourth-order valence-electron chi connectivity index (χ4n) is 3.54. The van der Waals surface area contributed by atoms with Gasteiger partial charge in [-0.1, -0.05) is 24.3 Å². The minimum Gasteiger partial charge on any atom is -0.352 e. The Labute approximate surface area is 143 Å². The van der Waals surface area contributed by atoms with Crippen LogP contribution in [0.25, 0.3) is 0 Å². The number of aromatic nitrogens is 2. The summed E-state index contributed by atoms with van der Waals surface area (Å²) in [4.78, 5) is 16.6. The van der Waals surface area contributed by atoms with E-state index in [2.05, 4.69) is 59.0 Å². The van der Waals surface area contributed by atoms with Crippen molar-refractivity contribution in [1.82, 2.24) is 14.9 Å². The van der Waals surface area contributed by atoms with Gasteiger partial charge in [-0.3, -0.25) is 0 Å². The van der Waals surface area contributed by atoms with E-state index in [0.717, 1.165) is 63.1 Å². The van der Waals surface area contributed by atoms with Crippen LogP contribution in [0.3, 0.4) is 0 Å². The summed E-state index contributed by atoms with van der Waals surface area (Å²) in [6, 6.07) is 10.9. The standard InChI is InChI=1S/C19H25N5/c1-15-13-18(21-19(20-15)23-11-9-22(2)10-12-23)24-8-7-16-5-3-4-6-17(16)14-24/h3-6,13H,7-12,14H2,1-2H3. The highest BCUT2D eigenvalue weighted by atomic mass is 15.3. The summed E-state index contributed by atoms with van der Waals surface area (Å²) in [5.74, 6) is 1.95. The van der Waals surface area contributed by atoms with Crippen molar-refractivity contribution in [3.05, 3.63) is 47.2 Å². The van der Waals surface area contributed by atoms with Crippen molar-refractivity contribution in [2.24, 2.45) is 0 Å². The maximum absolute atomic E-state index is 4.90. The van der Waals surface area contributed by atoms with Crippen molar-refractivity contribution in [3.63, 3.8) is 0 Å². The molecule has 0 bridgehead atoms. The lowest BCUT2D eigenvalue weighted by Gasteiger charge is -2.34. The van der Waals surface area contributed by atoms with Crippen LogP contribution < -0.4 is 9.80 Å². The zero-order chi connectivity index (χ0) is 16.5. The molecule has 126 valence electrons. The summed E-state index contributed by atoms with van der Waals surface area (Å²) < 4.78 is 0. The fourth-order valence-corrected chi connectivity index (χ4v) is 3.54. The second kappa shape index (κ2) is 6.40. The molecular formula is C19H25N5. The Morgan fingerprint density at radius 2 is 1.62 bits per heavy atom. The van der Waals surface area contributed by atoms with E-state index in [4.69, 9.17) is 9.97 Å². The highest BCUT2D eigenvalue weighted by Crippen LogP contribution is 2.25. The molecular weight excluding hydrogens is 298 g/mol. The Bertz CT molecular complexity index is 721. The monoisotopic (exact) mass is 323 g/mol. The Morgan fingerprint density at radius 3 is 2.42 bits per heavy atom. The van der Waals surface area contributed by atoms with E-state index in [1.807, 2.05) is 0 Å². The largest absolute Gasteiger partial charge is 0.352 e. The van der Waals surface area contributed by atoms with Gasteiger partial charge in [0.2, 0.25) is 5.95 Å². The zero-order valence-electron chi connectivity index (χ0n) is 14.6. The molecule has 1 fully saturated rings. The molecule has 0 saturated carbocycles. The van der Waals surface area contributed by atoms with Crippen LogP contribution in [0.4, 0.5) is 11.8 Å². The van der Waals surface area contributed by atoms with Gasteiger partial charge in [0.05, 0.1) is 0 Å². The van der Waals surface area contributed by atoms with Gasteiger partial charge in [0, 0.05) is 51.0 Å². The third kappa shape index (κ3) is 3.08. The van der Waals surface area contributed by atoms with Crippen LogP contribution in [0.15, 0.2) is 30.3 Å². The number of fused-ring (bicyclic) bond motifs is 1. The first-order valence-corrected chi connectivity index (χ1v) is 8.80. The molecule has 4 rings (SSSR count). The molecule has 1 aromatic heterocycles. The van der Waals surface area contributed by atoms with E-state index in [1.54, 1.807) is 0 Å². The molecule has 0 amide bonds. The van der Waals surface area contributed by atoms with Gasteiger partial charge in [-0.25, -0.2) is 4.98 Å². The lowest BCUT2D eigenvalue weighted by atomic mass is 10.00. The van der Waals surface area contributed by atoms with E-state index in [-0.39, 0.29) is 0 Å². The molecule has 1 aromatic carbocycles. The van der Waals surface area contributed by atoms with E-state index >= 15 is 0 Å². The van der Waals surface area contributed by atoms with Crippen molar-refractivity contribution >= 4 is 11.8 Å². The maximum Gasteiger partial charge on any atom is 0.227 e. The third-order valence-corrected chi connectivity index (χ3v) is 5.07. The molecule has 0 radical (unpaired) electrons. The minimum atomic E-state index is 0.886. The second-order valence-corrected chi connectivity index (χ2v) is 6.90. The SMILES string of the molecule is Cc1cc(N2CCc3ccccc3C2)nc(N2CCN(C)CC2)n1. The van der Waals surface area contributed by atoms with Crippen LogP contribution in [0, 0.1) is 6.92 Å². The lowest BCUT2D eigenvalue weighted by Crippen LogP contribution is -2.45. The molecule has 2 aliphatic heterocycles. The van der Waals surface area contributed by atoms with Crippen molar-refractivity contribution < 1.29 is 0 Å². The molecule has 0 N–H and O–H groups in total. The van der Waals surface area contributed by atoms with Gasteiger partial charge in [0.15, 0.2) is 0 Å². The van der Waals surface area contributed by atoms with E-state index in [0.29, 0.717) is 0 Å². The highest BCUT2D eigenvalue weighted by molar-refractivity contribution is 5.49. The summed E-state index contributed by atoms with van der Waals surface area (Å²) in [5.41, 5.74) is 3.94. The smallest absolute Gasteiger partial charge is 0.227 e. The first kappa shape index (κ1) is 15.4. The summed E-state index contributed by atoms with van der Waals surface area (Å²) in [7, 11) is 2.17. The zero-order valence-corrected chi connectivity index (χ0v) is 14.6. The van der Waals surface area contributed by atoms with Crippen molar-refractivity contribution in [2.45, 2.75) is 19.9 Å². The van der Waals surface area contributed by atoms with Crippen molar-refractivity contribution in [3.8, 4) is 0 Å². The van der Waals surface area contributed by atoms with E-state index < -0.39 is 0 Å². The number of benzene rings is 1. The number of nitrogens with zero attached hydrogens (tertiary/aromatic N) is 5. The number of rotatable bonds is 2. The number of piperazine rings is 1. The Morgan fingerprint density at radius 1 is 0.875 bits per heavy atom. The number of likely N-dealkylation sites (N-methyl/N-ethyl adjacent to an activating group) is 1. The first-order valence-electron chi connectivity index (χ1n) is 8.80. The molecule has 5 nitrogen and oxygen atoms in total. The van der Waals surface area contributed by atoms with Crippen LogP contribution in [-0.4, -0.2) is 54.6 Å². The predicted octanol–water partition coefficient (Wildman–Crippen LogP) is 2.10. The van der Waals surface area contributed by atoms with Crippen LogP contribution in [0.5, 0.6) is 0 Å². The van der Waals surface area contributed by atoms with Gasteiger partial charge in [0.25, 0.3) is 0 Å². The quantitative estimate of drug-likeness (QED) is 0.846. The number of hydrogen-bond acceptors (Lipinski definition) is 5. The summed E-state index contributed by atoms with van der Waals surface area (Å²) in [6.45, 7) is 8.19. The van der Waals surface area contributed by atoms with Crippen LogP contribution >= 0.6 is 0 Å². The Hall–Kier alpha value is -2.14. The van der Waals surface area contributed by atoms with Gasteiger partial charge in [-0.05, 0) is 31.5 Å². The van der Waals surface area contributed by atoms with Gasteiger partial charge in [0.1, 0.15) is 5.82 Å². The van der Waals surface area contributed by atoms with Crippen LogP contribution in [0.1, 0.15) is 16.8 Å². The average Bonchev–Trinajstić information content (AvgIpc) is 2.61. The minimum absolute atomic E-state index is 0.886. The summed E-state index contributed by atoms with van der Waals surface area (Å²) in [6.07, 6.45) is 1.09. The topological polar surface area (TPSA) is 35.5 Å². The molecule has 2 aliphatic rings. The highest BCUT2D eigenvalue weighted by Gasteiger charge is 2.21. The summed E-state index contributed by atoms with van der Waals surface area (Å²) in [5, 5.41) is 0. The molecule has 0 aliphatic carbocycles. The average molecular weight is 323 g/mol. The molecule has 3 heterocycles. The van der Waals surface area contributed by atoms with Crippen LogP contribution in [-0.2, 0) is 13.0 Å². The number of anilines is 2. The number of aryl methyl sites for hydroxylation is 1. The van der Waals surface area contributed by atoms with Gasteiger partial charge in [-0.2, -0.15) is 4.98 Å². The molecule has 5 heteroatoms. The van der Waals surface area contributed by atoms with Gasteiger partial charge < -0.3 is 14.7 Å². The lowest BCUT2D eigenvalue weighted by molar-refractivity contribution is 0.311. The Kier molecular flexibility index (Phi) is 4.10. The molecule has 2 aromatic rings. The third-order valence-electron chi connectivity index (χ3n) is 5.07. The van der Waals surface area contributed by atoms with E-state index in [1.165, 1.54) is 11.1 Å². The van der Waals surface area contributed by atoms with Gasteiger partial charge in [-0.15, -0.1) is 0 Å². The Balaban J connectivity index is 1.58. The number of hydrogen-bond donors (Lipinski definition) is 0. The predicted molar refractivity (Wildman–Crippen MR) is 97.7 cm³/mol. The molecule has 0 atom stereocenters. The molecule has 24 heavy (non-hydrogen) atoms. The van der Waals surface area contributed by atoms with Gasteiger partial charge >= 0.3 is 0 Å². The maximum atomic E-state index is 4.90. The normalized spacial score (nSPS) is 18.6. The molecule has 1 saturated heterocycles. The summed E-state index contributed by atoms with van der Waals surface area (Å²) >= 11 is 0. The molecule has 0 spiro atoms.